The van der Waals surface area contributed by atoms with Gasteiger partial charge >= 0.3 is 0 Å². The summed E-state index contributed by atoms with van der Waals surface area (Å²) in [5, 5.41) is 4.17. The standard InChI is InChI=1S/C23H35N5S2/c1-2-27-14-16-28(17-15-27)21-12-10-20(11-13-21)25-23(29)26-22(24)30-18-19-8-6-4-3-5-7-9-19/h2,10-13,19H,1,3-9,14-18H2,(H3,24,25,26,29). The Hall–Kier alpha value is -1.73. The molecule has 30 heavy (non-hydrogen) atoms. The third kappa shape index (κ3) is 7.51. The molecule has 2 aliphatic rings. The quantitative estimate of drug-likeness (QED) is 0.375. The van der Waals surface area contributed by atoms with E-state index in [1.54, 1.807) is 11.8 Å². The SMILES string of the molecule is C=CN1CCN(c2ccc(NC(=S)N=C(N)SCC3CCCCCCC3)cc2)CC1. The lowest BCUT2D eigenvalue weighted by molar-refractivity contribution is 0.350. The molecule has 1 saturated heterocycles. The second-order valence-corrected chi connectivity index (χ2v) is 9.58. The van der Waals surface area contributed by atoms with E-state index >= 15 is 0 Å². The van der Waals surface area contributed by atoms with Crippen molar-refractivity contribution in [3.63, 3.8) is 0 Å². The molecule has 3 rings (SSSR count). The summed E-state index contributed by atoms with van der Waals surface area (Å²) in [6.45, 7) is 7.90. The monoisotopic (exact) mass is 445 g/mol. The lowest BCUT2D eigenvalue weighted by Crippen LogP contribution is -2.43. The second-order valence-electron chi connectivity index (χ2n) is 8.15. The van der Waals surface area contributed by atoms with Crippen LogP contribution < -0.4 is 16.0 Å². The Morgan fingerprint density at radius 3 is 2.37 bits per heavy atom. The number of hydrogen-bond donors (Lipinski definition) is 2. The van der Waals surface area contributed by atoms with Crippen molar-refractivity contribution < 1.29 is 0 Å². The lowest BCUT2D eigenvalue weighted by atomic mass is 9.93. The highest BCUT2D eigenvalue weighted by molar-refractivity contribution is 8.13. The maximum absolute atomic E-state index is 6.13. The highest BCUT2D eigenvalue weighted by Gasteiger charge is 2.15. The Balaban J connectivity index is 1.43. The first-order chi connectivity index (χ1) is 14.6. The van der Waals surface area contributed by atoms with E-state index in [1.165, 1.54) is 50.6 Å². The molecule has 0 radical (unpaired) electrons. The number of piperazine rings is 1. The molecular weight excluding hydrogens is 410 g/mol. The highest BCUT2D eigenvalue weighted by atomic mass is 32.2. The van der Waals surface area contributed by atoms with Crippen LogP contribution in [0.25, 0.3) is 0 Å². The smallest absolute Gasteiger partial charge is 0.199 e. The average molecular weight is 446 g/mol. The van der Waals surface area contributed by atoms with Crippen LogP contribution in [0.2, 0.25) is 0 Å². The molecule has 0 atom stereocenters. The van der Waals surface area contributed by atoms with E-state index in [0.717, 1.165) is 43.5 Å². The third-order valence-corrected chi connectivity index (χ3v) is 7.18. The number of thiocarbonyl (C=S) groups is 1. The molecule has 0 spiro atoms. The van der Waals surface area contributed by atoms with E-state index < -0.39 is 0 Å². The summed E-state index contributed by atoms with van der Waals surface area (Å²) < 4.78 is 0. The van der Waals surface area contributed by atoms with Gasteiger partial charge in [-0.15, -0.1) is 0 Å². The van der Waals surface area contributed by atoms with Crippen LogP contribution in [0.1, 0.15) is 44.9 Å². The normalized spacial score (nSPS) is 19.1. The van der Waals surface area contributed by atoms with Crippen molar-refractivity contribution in [1.29, 1.82) is 0 Å². The van der Waals surface area contributed by atoms with Crippen molar-refractivity contribution in [3.8, 4) is 0 Å². The van der Waals surface area contributed by atoms with Gasteiger partial charge in [0.25, 0.3) is 0 Å². The van der Waals surface area contributed by atoms with Crippen molar-refractivity contribution in [2.24, 2.45) is 16.6 Å². The fraction of sp³-hybridized carbons (Fsp3) is 0.565. The molecule has 0 unspecified atom stereocenters. The molecule has 1 aliphatic carbocycles. The Morgan fingerprint density at radius 2 is 1.73 bits per heavy atom. The van der Waals surface area contributed by atoms with Crippen LogP contribution >= 0.6 is 24.0 Å². The van der Waals surface area contributed by atoms with E-state index in [0.29, 0.717) is 10.3 Å². The Bertz CT molecular complexity index is 703. The van der Waals surface area contributed by atoms with Gasteiger partial charge in [0.1, 0.15) is 0 Å². The molecular formula is C23H35N5S2. The Morgan fingerprint density at radius 1 is 1.10 bits per heavy atom. The molecule has 1 aromatic carbocycles. The molecule has 0 bridgehead atoms. The molecule has 3 N–H and O–H groups in total. The van der Waals surface area contributed by atoms with Gasteiger partial charge in [0.15, 0.2) is 10.3 Å². The van der Waals surface area contributed by atoms with Gasteiger partial charge in [-0.2, -0.15) is 4.99 Å². The number of nitrogens with two attached hydrogens (primary N) is 1. The number of nitrogens with zero attached hydrogens (tertiary/aromatic N) is 3. The average Bonchev–Trinajstić information content (AvgIpc) is 2.73. The van der Waals surface area contributed by atoms with Crippen LogP contribution in [0.3, 0.4) is 0 Å². The molecule has 0 aromatic heterocycles. The van der Waals surface area contributed by atoms with Crippen molar-refractivity contribution in [2.75, 3.05) is 42.1 Å². The van der Waals surface area contributed by atoms with Gasteiger partial charge in [-0.25, -0.2) is 0 Å². The maximum atomic E-state index is 6.13. The minimum atomic E-state index is 0.421. The van der Waals surface area contributed by atoms with Crippen LogP contribution in [0.5, 0.6) is 0 Å². The van der Waals surface area contributed by atoms with Crippen molar-refractivity contribution in [3.05, 3.63) is 37.0 Å². The van der Waals surface area contributed by atoms with Crippen LogP contribution in [-0.2, 0) is 0 Å². The maximum Gasteiger partial charge on any atom is 0.199 e. The second kappa shape index (κ2) is 12.2. The lowest BCUT2D eigenvalue weighted by Gasteiger charge is -2.35. The highest BCUT2D eigenvalue weighted by Crippen LogP contribution is 2.25. The topological polar surface area (TPSA) is 56.9 Å². The van der Waals surface area contributed by atoms with Gasteiger partial charge in [0.05, 0.1) is 0 Å². The van der Waals surface area contributed by atoms with Crippen LogP contribution in [0.15, 0.2) is 42.0 Å². The summed E-state index contributed by atoms with van der Waals surface area (Å²) in [6, 6.07) is 8.36. The van der Waals surface area contributed by atoms with Gasteiger partial charge in [0, 0.05) is 43.3 Å². The van der Waals surface area contributed by atoms with E-state index in [1.807, 2.05) is 6.20 Å². The minimum Gasteiger partial charge on any atom is -0.378 e. The summed E-state index contributed by atoms with van der Waals surface area (Å²) >= 11 is 7.03. The predicted octanol–water partition coefficient (Wildman–Crippen LogP) is 5.06. The molecule has 2 fully saturated rings. The zero-order chi connectivity index (χ0) is 21.2. The van der Waals surface area contributed by atoms with Gasteiger partial charge in [0.2, 0.25) is 0 Å². The van der Waals surface area contributed by atoms with Gasteiger partial charge in [-0.05, 0) is 61.4 Å². The van der Waals surface area contributed by atoms with Crippen LogP contribution in [-0.4, -0.2) is 47.1 Å². The van der Waals surface area contributed by atoms with Gasteiger partial charge in [-0.1, -0.05) is 50.4 Å². The number of hydrogen-bond acceptors (Lipinski definition) is 4. The number of thioether (sulfide) groups is 1. The van der Waals surface area contributed by atoms with Crippen LogP contribution in [0, 0.1) is 5.92 Å². The summed E-state index contributed by atoms with van der Waals surface area (Å²) in [7, 11) is 0. The molecule has 1 aromatic rings. The fourth-order valence-corrected chi connectivity index (χ4v) is 5.28. The molecule has 1 heterocycles. The summed E-state index contributed by atoms with van der Waals surface area (Å²) in [5.74, 6) is 1.80. The molecule has 5 nitrogen and oxygen atoms in total. The summed E-state index contributed by atoms with van der Waals surface area (Å²) in [4.78, 5) is 9.03. The fourth-order valence-electron chi connectivity index (χ4n) is 4.11. The number of nitrogens with one attached hydrogen (secondary N) is 1. The Labute approximate surface area is 191 Å². The molecule has 164 valence electrons. The molecule has 1 aliphatic heterocycles. The summed E-state index contributed by atoms with van der Waals surface area (Å²) in [6.07, 6.45) is 11.4. The zero-order valence-electron chi connectivity index (χ0n) is 17.9. The minimum absolute atomic E-state index is 0.421. The molecule has 1 saturated carbocycles. The van der Waals surface area contributed by atoms with E-state index in [9.17, 15) is 0 Å². The number of aliphatic imine (C=N–C) groups is 1. The van der Waals surface area contributed by atoms with Crippen molar-refractivity contribution >= 4 is 45.6 Å². The van der Waals surface area contributed by atoms with Gasteiger partial charge in [-0.3, -0.25) is 0 Å². The Kier molecular flexibility index (Phi) is 9.33. The first kappa shape index (κ1) is 22.9. The first-order valence-corrected chi connectivity index (χ1v) is 12.5. The van der Waals surface area contributed by atoms with E-state index in [2.05, 4.69) is 51.0 Å². The number of rotatable bonds is 5. The predicted molar refractivity (Wildman–Crippen MR) is 137 cm³/mol. The zero-order valence-corrected chi connectivity index (χ0v) is 19.5. The molecule has 0 amide bonds. The number of anilines is 2. The summed E-state index contributed by atoms with van der Waals surface area (Å²) in [5.41, 5.74) is 8.30. The first-order valence-electron chi connectivity index (χ1n) is 11.1. The van der Waals surface area contributed by atoms with Crippen LogP contribution in [0.4, 0.5) is 11.4 Å². The van der Waals surface area contributed by atoms with Crippen molar-refractivity contribution in [2.45, 2.75) is 44.9 Å². The largest absolute Gasteiger partial charge is 0.378 e. The van der Waals surface area contributed by atoms with E-state index in [4.69, 9.17) is 18.0 Å². The third-order valence-electron chi connectivity index (χ3n) is 5.96. The number of benzene rings is 1. The van der Waals surface area contributed by atoms with Gasteiger partial charge < -0.3 is 20.9 Å². The van der Waals surface area contributed by atoms with Crippen molar-refractivity contribution in [1.82, 2.24) is 4.90 Å². The molecule has 7 heteroatoms. The van der Waals surface area contributed by atoms with E-state index in [-0.39, 0.29) is 0 Å². The number of amidine groups is 1.